The largest absolute Gasteiger partial charge is 0.370 e. The van der Waals surface area contributed by atoms with Crippen molar-refractivity contribution < 1.29 is 0 Å². The average Bonchev–Trinajstić information content (AvgIpc) is 2.21. The van der Waals surface area contributed by atoms with Crippen LogP contribution in [0.5, 0.6) is 0 Å². The molecule has 0 aliphatic heterocycles. The Balaban J connectivity index is 2.79. The maximum absolute atomic E-state index is 5.69. The van der Waals surface area contributed by atoms with Crippen LogP contribution in [0.25, 0.3) is 0 Å². The molecule has 5 N–H and O–H groups in total. The van der Waals surface area contributed by atoms with Gasteiger partial charge in [-0.1, -0.05) is 18.2 Å². The van der Waals surface area contributed by atoms with Crippen LogP contribution in [0.4, 0.5) is 5.69 Å². The van der Waals surface area contributed by atoms with Gasteiger partial charge in [-0.15, -0.1) is 0 Å². The molecular weight excluding hydrogens is 188 g/mol. The number of nitrogens with one attached hydrogen (secondary N) is 1. The first-order valence-electron chi connectivity index (χ1n) is 5.12. The van der Waals surface area contributed by atoms with Gasteiger partial charge in [-0.3, -0.25) is 4.99 Å². The second kappa shape index (κ2) is 6.03. The van der Waals surface area contributed by atoms with Crippen LogP contribution < -0.4 is 16.8 Å². The fraction of sp³-hybridized carbons (Fsp3) is 0.364. The van der Waals surface area contributed by atoms with E-state index in [1.165, 1.54) is 0 Å². The number of hydrogen-bond acceptors (Lipinski definition) is 2. The van der Waals surface area contributed by atoms with E-state index in [2.05, 4.69) is 10.3 Å². The van der Waals surface area contributed by atoms with Crippen molar-refractivity contribution in [3.05, 3.63) is 29.8 Å². The summed E-state index contributed by atoms with van der Waals surface area (Å²) >= 11 is 0. The summed E-state index contributed by atoms with van der Waals surface area (Å²) < 4.78 is 0. The highest BCUT2D eigenvalue weighted by Gasteiger charge is 2.00. The van der Waals surface area contributed by atoms with Crippen LogP contribution in [-0.4, -0.2) is 19.0 Å². The van der Waals surface area contributed by atoms with E-state index in [-0.39, 0.29) is 0 Å². The zero-order valence-corrected chi connectivity index (χ0v) is 9.03. The normalized spacial score (nSPS) is 11.5. The van der Waals surface area contributed by atoms with Gasteiger partial charge in [0.1, 0.15) is 0 Å². The van der Waals surface area contributed by atoms with E-state index in [1.807, 2.05) is 31.2 Å². The van der Waals surface area contributed by atoms with Gasteiger partial charge in [-0.2, -0.15) is 0 Å². The monoisotopic (exact) mass is 206 g/mol. The third-order valence-electron chi connectivity index (χ3n) is 2.02. The lowest BCUT2D eigenvalue weighted by Crippen LogP contribution is -2.23. The van der Waals surface area contributed by atoms with Gasteiger partial charge >= 0.3 is 0 Å². The molecule has 15 heavy (non-hydrogen) atoms. The molecule has 0 saturated carbocycles. The van der Waals surface area contributed by atoms with E-state index in [9.17, 15) is 0 Å². The standard InChI is InChI=1S/C11H18N4/c1-2-14-11(13)15-10-6-4-3-5-9(10)7-8-12/h3-6H,2,7-8,12H2,1H3,(H3,13,14,15). The van der Waals surface area contributed by atoms with Gasteiger partial charge in [0.2, 0.25) is 0 Å². The fourth-order valence-electron chi connectivity index (χ4n) is 1.36. The summed E-state index contributed by atoms with van der Waals surface area (Å²) in [6.07, 6.45) is 0.836. The van der Waals surface area contributed by atoms with Crippen molar-refractivity contribution in [1.82, 2.24) is 0 Å². The average molecular weight is 206 g/mol. The number of rotatable bonds is 4. The van der Waals surface area contributed by atoms with E-state index in [4.69, 9.17) is 11.5 Å². The Kier molecular flexibility index (Phi) is 4.63. The number of nitrogens with zero attached hydrogens (tertiary/aromatic N) is 1. The van der Waals surface area contributed by atoms with Crippen LogP contribution in [0, 0.1) is 0 Å². The van der Waals surface area contributed by atoms with Crippen molar-refractivity contribution in [1.29, 1.82) is 0 Å². The molecule has 0 aromatic heterocycles. The van der Waals surface area contributed by atoms with E-state index in [1.54, 1.807) is 0 Å². The quantitative estimate of drug-likeness (QED) is 0.507. The summed E-state index contributed by atoms with van der Waals surface area (Å²) in [7, 11) is 0. The molecule has 0 heterocycles. The van der Waals surface area contributed by atoms with Crippen LogP contribution in [0.15, 0.2) is 29.3 Å². The molecule has 4 heteroatoms. The van der Waals surface area contributed by atoms with Crippen LogP contribution >= 0.6 is 0 Å². The van der Waals surface area contributed by atoms with E-state index in [0.29, 0.717) is 19.0 Å². The smallest absolute Gasteiger partial charge is 0.193 e. The number of aliphatic imine (C=N–C) groups is 1. The molecule has 1 rings (SSSR count). The summed E-state index contributed by atoms with van der Waals surface area (Å²) in [4.78, 5) is 4.07. The zero-order chi connectivity index (χ0) is 11.1. The molecule has 0 atom stereocenters. The number of anilines is 1. The van der Waals surface area contributed by atoms with Crippen molar-refractivity contribution in [3.8, 4) is 0 Å². The predicted octanol–water partition coefficient (Wildman–Crippen LogP) is 0.934. The molecule has 82 valence electrons. The number of hydrogen-bond donors (Lipinski definition) is 3. The molecule has 4 nitrogen and oxygen atoms in total. The minimum atomic E-state index is 0.446. The Labute approximate surface area is 90.4 Å². The number of para-hydroxylation sites is 1. The van der Waals surface area contributed by atoms with Crippen molar-refractivity contribution in [3.63, 3.8) is 0 Å². The Morgan fingerprint density at radius 1 is 1.40 bits per heavy atom. The van der Waals surface area contributed by atoms with Gasteiger partial charge in [-0.25, -0.2) is 0 Å². The molecule has 0 fully saturated rings. The van der Waals surface area contributed by atoms with Crippen LogP contribution in [0.3, 0.4) is 0 Å². The summed E-state index contributed by atoms with van der Waals surface area (Å²) in [6, 6.07) is 7.96. The van der Waals surface area contributed by atoms with Crippen molar-refractivity contribution in [2.24, 2.45) is 16.5 Å². The Hall–Kier alpha value is -1.55. The van der Waals surface area contributed by atoms with Gasteiger partial charge < -0.3 is 16.8 Å². The third-order valence-corrected chi connectivity index (χ3v) is 2.02. The number of benzene rings is 1. The minimum absolute atomic E-state index is 0.446. The third kappa shape index (κ3) is 3.59. The predicted molar refractivity (Wildman–Crippen MR) is 65.0 cm³/mol. The second-order valence-electron chi connectivity index (χ2n) is 3.18. The minimum Gasteiger partial charge on any atom is -0.370 e. The summed E-state index contributed by atoms with van der Waals surface area (Å²) in [5.41, 5.74) is 13.4. The van der Waals surface area contributed by atoms with Gasteiger partial charge in [0, 0.05) is 12.2 Å². The molecule has 0 spiro atoms. The molecule has 0 aliphatic rings. The van der Waals surface area contributed by atoms with Crippen molar-refractivity contribution in [2.45, 2.75) is 13.3 Å². The Morgan fingerprint density at radius 2 is 2.13 bits per heavy atom. The topological polar surface area (TPSA) is 76.4 Å². The van der Waals surface area contributed by atoms with Crippen LogP contribution in [0.2, 0.25) is 0 Å². The van der Waals surface area contributed by atoms with E-state index in [0.717, 1.165) is 17.7 Å². The molecule has 1 aromatic carbocycles. The van der Waals surface area contributed by atoms with E-state index < -0.39 is 0 Å². The van der Waals surface area contributed by atoms with E-state index >= 15 is 0 Å². The van der Waals surface area contributed by atoms with Crippen molar-refractivity contribution >= 4 is 11.6 Å². The highest BCUT2D eigenvalue weighted by Crippen LogP contribution is 2.14. The lowest BCUT2D eigenvalue weighted by Gasteiger charge is -2.10. The lowest BCUT2D eigenvalue weighted by molar-refractivity contribution is 0.970. The van der Waals surface area contributed by atoms with Gasteiger partial charge in [-0.05, 0) is 31.5 Å². The van der Waals surface area contributed by atoms with Crippen LogP contribution in [-0.2, 0) is 6.42 Å². The van der Waals surface area contributed by atoms with Crippen molar-refractivity contribution in [2.75, 3.05) is 18.4 Å². The maximum atomic E-state index is 5.69. The highest BCUT2D eigenvalue weighted by molar-refractivity contribution is 5.92. The molecule has 0 unspecified atom stereocenters. The lowest BCUT2D eigenvalue weighted by atomic mass is 10.1. The zero-order valence-electron chi connectivity index (χ0n) is 9.03. The molecular formula is C11H18N4. The molecule has 0 radical (unpaired) electrons. The Bertz CT molecular complexity index is 333. The molecule has 0 aliphatic carbocycles. The Morgan fingerprint density at radius 3 is 2.80 bits per heavy atom. The molecule has 0 bridgehead atoms. The first kappa shape index (κ1) is 11.5. The first-order valence-corrected chi connectivity index (χ1v) is 5.12. The molecule has 1 aromatic rings. The van der Waals surface area contributed by atoms with Gasteiger partial charge in [0.25, 0.3) is 0 Å². The summed E-state index contributed by atoms with van der Waals surface area (Å²) in [6.45, 7) is 3.25. The number of guanidine groups is 1. The second-order valence-corrected chi connectivity index (χ2v) is 3.18. The highest BCUT2D eigenvalue weighted by atomic mass is 15.1. The fourth-order valence-corrected chi connectivity index (χ4v) is 1.36. The maximum Gasteiger partial charge on any atom is 0.193 e. The number of nitrogens with two attached hydrogens (primary N) is 2. The molecule has 0 amide bonds. The summed E-state index contributed by atoms with van der Waals surface area (Å²) in [5.74, 6) is 0.446. The first-order chi connectivity index (χ1) is 7.27. The van der Waals surface area contributed by atoms with Gasteiger partial charge in [0.05, 0.1) is 0 Å². The summed E-state index contributed by atoms with van der Waals surface area (Å²) in [5, 5.41) is 3.07. The van der Waals surface area contributed by atoms with Gasteiger partial charge in [0.15, 0.2) is 5.96 Å². The van der Waals surface area contributed by atoms with Crippen LogP contribution in [0.1, 0.15) is 12.5 Å². The SMILES string of the molecule is CCN=C(N)Nc1ccccc1CCN. The molecule has 0 saturated heterocycles.